The standard InChI is InChI=1S/C27H24N2O4S/c1-18-8-6-13-23(19(18)2)28-25(30)16-29-26(31)24(34-27(29)32)15-21-11-7-12-22(14-21)33-17-20-9-4-3-5-10-20/h3-15H,16-17H2,1-2H3,(H,28,30)/b24-15+. The molecule has 0 saturated carbocycles. The van der Waals surface area contributed by atoms with Gasteiger partial charge >= 0.3 is 0 Å². The van der Waals surface area contributed by atoms with Gasteiger partial charge in [0.1, 0.15) is 18.9 Å². The molecule has 1 N–H and O–H groups in total. The Labute approximate surface area is 202 Å². The average molecular weight is 473 g/mol. The number of ether oxygens (including phenoxy) is 1. The summed E-state index contributed by atoms with van der Waals surface area (Å²) in [5.41, 5.74) is 4.44. The Kier molecular flexibility index (Phi) is 7.13. The van der Waals surface area contributed by atoms with Crippen molar-refractivity contribution >= 4 is 40.6 Å². The maximum Gasteiger partial charge on any atom is 0.294 e. The van der Waals surface area contributed by atoms with Crippen LogP contribution >= 0.6 is 11.8 Å². The summed E-state index contributed by atoms with van der Waals surface area (Å²) in [6.07, 6.45) is 1.64. The highest BCUT2D eigenvalue weighted by atomic mass is 32.2. The second-order valence-corrected chi connectivity index (χ2v) is 8.90. The number of aryl methyl sites for hydroxylation is 1. The quantitative estimate of drug-likeness (QED) is 0.456. The molecule has 3 aromatic carbocycles. The van der Waals surface area contributed by atoms with E-state index in [0.717, 1.165) is 38.9 Å². The summed E-state index contributed by atoms with van der Waals surface area (Å²) in [6, 6.07) is 22.7. The zero-order valence-corrected chi connectivity index (χ0v) is 19.7. The van der Waals surface area contributed by atoms with Gasteiger partial charge in [0.25, 0.3) is 11.1 Å². The Morgan fingerprint density at radius 3 is 2.56 bits per heavy atom. The van der Waals surface area contributed by atoms with Crippen molar-refractivity contribution in [1.82, 2.24) is 4.90 Å². The summed E-state index contributed by atoms with van der Waals surface area (Å²) < 4.78 is 5.84. The zero-order chi connectivity index (χ0) is 24.1. The summed E-state index contributed by atoms with van der Waals surface area (Å²) in [5, 5.41) is 2.32. The molecular formula is C27H24N2O4S. The molecule has 1 saturated heterocycles. The molecule has 0 unspecified atom stereocenters. The van der Waals surface area contributed by atoms with Gasteiger partial charge in [0.05, 0.1) is 4.91 Å². The fourth-order valence-electron chi connectivity index (χ4n) is 3.44. The number of anilines is 1. The van der Waals surface area contributed by atoms with Crippen LogP contribution in [0.5, 0.6) is 5.75 Å². The van der Waals surface area contributed by atoms with Crippen molar-refractivity contribution in [3.8, 4) is 5.75 Å². The first kappa shape index (κ1) is 23.3. The molecule has 6 nitrogen and oxygen atoms in total. The number of imide groups is 1. The van der Waals surface area contributed by atoms with Crippen LogP contribution in [0.2, 0.25) is 0 Å². The smallest absolute Gasteiger partial charge is 0.294 e. The van der Waals surface area contributed by atoms with Crippen LogP contribution in [-0.4, -0.2) is 28.5 Å². The Balaban J connectivity index is 1.41. The van der Waals surface area contributed by atoms with Crippen molar-refractivity contribution in [2.45, 2.75) is 20.5 Å². The van der Waals surface area contributed by atoms with Crippen molar-refractivity contribution in [3.05, 3.63) is 100.0 Å². The first-order chi connectivity index (χ1) is 16.4. The molecule has 34 heavy (non-hydrogen) atoms. The molecule has 1 aliphatic heterocycles. The molecule has 1 fully saturated rings. The molecule has 172 valence electrons. The summed E-state index contributed by atoms with van der Waals surface area (Å²) in [5.74, 6) is -0.250. The molecular weight excluding hydrogens is 448 g/mol. The lowest BCUT2D eigenvalue weighted by Crippen LogP contribution is -2.36. The minimum atomic E-state index is -0.485. The van der Waals surface area contributed by atoms with Gasteiger partial charge in [-0.05, 0) is 72.1 Å². The van der Waals surface area contributed by atoms with E-state index in [1.54, 1.807) is 12.1 Å². The molecule has 3 amide bonds. The van der Waals surface area contributed by atoms with Crippen molar-refractivity contribution in [3.63, 3.8) is 0 Å². The van der Waals surface area contributed by atoms with Crippen molar-refractivity contribution < 1.29 is 19.1 Å². The highest BCUT2D eigenvalue weighted by Crippen LogP contribution is 2.32. The van der Waals surface area contributed by atoms with E-state index < -0.39 is 17.1 Å². The number of benzene rings is 3. The molecule has 0 aromatic heterocycles. The van der Waals surface area contributed by atoms with Gasteiger partial charge < -0.3 is 10.1 Å². The summed E-state index contributed by atoms with van der Waals surface area (Å²) >= 11 is 0.824. The monoisotopic (exact) mass is 472 g/mol. The molecule has 0 spiro atoms. The van der Waals surface area contributed by atoms with Gasteiger partial charge in [-0.15, -0.1) is 0 Å². The van der Waals surface area contributed by atoms with Crippen molar-refractivity contribution in [2.75, 3.05) is 11.9 Å². The largest absolute Gasteiger partial charge is 0.489 e. The molecule has 4 rings (SSSR count). The number of nitrogens with one attached hydrogen (secondary N) is 1. The molecule has 1 heterocycles. The Morgan fingerprint density at radius 2 is 1.76 bits per heavy atom. The number of thioether (sulfide) groups is 1. The number of hydrogen-bond donors (Lipinski definition) is 1. The van der Waals surface area contributed by atoms with E-state index in [4.69, 9.17) is 4.74 Å². The van der Waals surface area contributed by atoms with E-state index in [-0.39, 0.29) is 11.4 Å². The average Bonchev–Trinajstić information content (AvgIpc) is 3.09. The van der Waals surface area contributed by atoms with Gasteiger partial charge in [0.15, 0.2) is 0 Å². The molecule has 0 aliphatic carbocycles. The van der Waals surface area contributed by atoms with E-state index in [2.05, 4.69) is 5.32 Å². The highest BCUT2D eigenvalue weighted by Gasteiger charge is 2.36. The molecule has 3 aromatic rings. The lowest BCUT2D eigenvalue weighted by molar-refractivity contribution is -0.127. The third-order valence-corrected chi connectivity index (χ3v) is 6.37. The predicted molar refractivity (Wildman–Crippen MR) is 134 cm³/mol. The third kappa shape index (κ3) is 5.55. The van der Waals surface area contributed by atoms with Crippen LogP contribution in [0.15, 0.2) is 77.7 Å². The van der Waals surface area contributed by atoms with E-state index in [9.17, 15) is 14.4 Å². The van der Waals surface area contributed by atoms with Crippen LogP contribution in [0.4, 0.5) is 10.5 Å². The Morgan fingerprint density at radius 1 is 1.00 bits per heavy atom. The van der Waals surface area contributed by atoms with Gasteiger partial charge in [-0.1, -0.05) is 54.6 Å². The van der Waals surface area contributed by atoms with Crippen LogP contribution in [0, 0.1) is 13.8 Å². The Hall–Kier alpha value is -3.84. The number of carbonyl (C=O) groups is 3. The fraction of sp³-hybridized carbons (Fsp3) is 0.148. The maximum absolute atomic E-state index is 12.8. The van der Waals surface area contributed by atoms with Crippen LogP contribution in [0.1, 0.15) is 22.3 Å². The number of hydrogen-bond acceptors (Lipinski definition) is 5. The molecule has 1 aliphatic rings. The SMILES string of the molecule is Cc1cccc(NC(=O)CN2C(=O)S/C(=C/c3cccc(OCc4ccccc4)c3)C2=O)c1C. The van der Waals surface area contributed by atoms with E-state index in [1.807, 2.05) is 80.6 Å². The van der Waals surface area contributed by atoms with Crippen LogP contribution < -0.4 is 10.1 Å². The normalized spacial score (nSPS) is 14.5. The van der Waals surface area contributed by atoms with Gasteiger partial charge in [-0.3, -0.25) is 19.3 Å². The number of rotatable bonds is 7. The van der Waals surface area contributed by atoms with Crippen LogP contribution in [0.3, 0.4) is 0 Å². The van der Waals surface area contributed by atoms with Gasteiger partial charge in [-0.2, -0.15) is 0 Å². The highest BCUT2D eigenvalue weighted by molar-refractivity contribution is 8.18. The zero-order valence-electron chi connectivity index (χ0n) is 18.9. The third-order valence-electron chi connectivity index (χ3n) is 5.46. The number of nitrogens with zero attached hydrogens (tertiary/aromatic N) is 1. The van der Waals surface area contributed by atoms with Gasteiger partial charge in [-0.25, -0.2) is 0 Å². The van der Waals surface area contributed by atoms with Crippen molar-refractivity contribution in [1.29, 1.82) is 0 Å². The maximum atomic E-state index is 12.8. The van der Waals surface area contributed by atoms with Gasteiger partial charge in [0.2, 0.25) is 5.91 Å². The van der Waals surface area contributed by atoms with E-state index in [1.165, 1.54) is 0 Å². The second kappa shape index (κ2) is 10.4. The van der Waals surface area contributed by atoms with Crippen LogP contribution in [-0.2, 0) is 16.2 Å². The fourth-order valence-corrected chi connectivity index (χ4v) is 4.28. The van der Waals surface area contributed by atoms with E-state index in [0.29, 0.717) is 18.0 Å². The second-order valence-electron chi connectivity index (χ2n) is 7.91. The minimum Gasteiger partial charge on any atom is -0.489 e. The predicted octanol–water partition coefficient (Wildman–Crippen LogP) is 5.56. The molecule has 0 atom stereocenters. The lowest BCUT2D eigenvalue weighted by atomic mass is 10.1. The topological polar surface area (TPSA) is 75.7 Å². The molecule has 0 bridgehead atoms. The summed E-state index contributed by atoms with van der Waals surface area (Å²) in [4.78, 5) is 39.0. The van der Waals surface area contributed by atoms with Crippen LogP contribution in [0.25, 0.3) is 6.08 Å². The number of amides is 3. The minimum absolute atomic E-state index is 0.268. The lowest BCUT2D eigenvalue weighted by Gasteiger charge is -2.14. The first-order valence-corrected chi connectivity index (χ1v) is 11.6. The molecule has 7 heteroatoms. The van der Waals surface area contributed by atoms with Gasteiger partial charge in [0, 0.05) is 5.69 Å². The summed E-state index contributed by atoms with van der Waals surface area (Å²) in [7, 11) is 0. The van der Waals surface area contributed by atoms with Crippen molar-refractivity contribution in [2.24, 2.45) is 0 Å². The number of carbonyl (C=O) groups excluding carboxylic acids is 3. The molecule has 0 radical (unpaired) electrons. The Bertz CT molecular complexity index is 1270. The summed E-state index contributed by atoms with van der Waals surface area (Å²) in [6.45, 7) is 3.95. The van der Waals surface area contributed by atoms with E-state index >= 15 is 0 Å². The first-order valence-electron chi connectivity index (χ1n) is 10.8.